The standard InChI is InChI=1S/C21H19FN2O3/c22-16-5-6-19-17(11-16)18(21(25)26)12-20(23-19)15-3-1-14(2-4-15)13-24-7-9-27-10-8-24/h1-6,11-12H,7-10,13H2,(H,25,26). The first-order valence-corrected chi connectivity index (χ1v) is 8.83. The first-order valence-electron chi connectivity index (χ1n) is 8.83. The van der Waals surface area contributed by atoms with Gasteiger partial charge in [-0.1, -0.05) is 24.3 Å². The van der Waals surface area contributed by atoms with Crippen molar-refractivity contribution in [3.05, 3.63) is 65.5 Å². The normalized spacial score (nSPS) is 15.1. The number of hydrogen-bond donors (Lipinski definition) is 1. The molecule has 27 heavy (non-hydrogen) atoms. The molecule has 0 unspecified atom stereocenters. The summed E-state index contributed by atoms with van der Waals surface area (Å²) in [5.74, 6) is -1.58. The highest BCUT2D eigenvalue weighted by Gasteiger charge is 2.14. The number of halogens is 1. The van der Waals surface area contributed by atoms with E-state index in [2.05, 4.69) is 9.88 Å². The fourth-order valence-corrected chi connectivity index (χ4v) is 3.32. The lowest BCUT2D eigenvalue weighted by atomic mass is 10.0. The van der Waals surface area contributed by atoms with Crippen molar-refractivity contribution in [2.24, 2.45) is 0 Å². The number of morpholine rings is 1. The minimum Gasteiger partial charge on any atom is -0.478 e. The van der Waals surface area contributed by atoms with Crippen LogP contribution >= 0.6 is 0 Å². The van der Waals surface area contributed by atoms with Crippen LogP contribution in [0.5, 0.6) is 0 Å². The SMILES string of the molecule is O=C(O)c1cc(-c2ccc(CN3CCOCC3)cc2)nc2ccc(F)cc12. The van der Waals surface area contributed by atoms with Crippen molar-refractivity contribution in [1.29, 1.82) is 0 Å². The second kappa shape index (κ2) is 7.42. The number of pyridine rings is 1. The number of ether oxygens (including phenoxy) is 1. The molecular formula is C21H19FN2O3. The Labute approximate surface area is 156 Å². The molecule has 1 aliphatic heterocycles. The van der Waals surface area contributed by atoms with E-state index in [9.17, 15) is 14.3 Å². The molecule has 4 rings (SSSR count). The van der Waals surface area contributed by atoms with E-state index in [1.165, 1.54) is 29.8 Å². The summed E-state index contributed by atoms with van der Waals surface area (Å²) in [6, 6.07) is 13.5. The van der Waals surface area contributed by atoms with Gasteiger partial charge in [0.05, 0.1) is 30.0 Å². The third-order valence-corrected chi connectivity index (χ3v) is 4.76. The summed E-state index contributed by atoms with van der Waals surface area (Å²) < 4.78 is 18.9. The molecule has 6 heteroatoms. The van der Waals surface area contributed by atoms with Crippen LogP contribution in [-0.4, -0.2) is 47.3 Å². The number of rotatable bonds is 4. The number of nitrogens with zero attached hydrogens (tertiary/aromatic N) is 2. The van der Waals surface area contributed by atoms with Gasteiger partial charge in [-0.2, -0.15) is 0 Å². The van der Waals surface area contributed by atoms with E-state index in [-0.39, 0.29) is 5.56 Å². The molecule has 1 aliphatic rings. The van der Waals surface area contributed by atoms with Crippen molar-refractivity contribution in [1.82, 2.24) is 9.88 Å². The Morgan fingerprint density at radius 3 is 2.56 bits per heavy atom. The second-order valence-electron chi connectivity index (χ2n) is 6.61. The maximum Gasteiger partial charge on any atom is 0.336 e. The average molecular weight is 366 g/mol. The van der Waals surface area contributed by atoms with Crippen molar-refractivity contribution in [3.8, 4) is 11.3 Å². The molecule has 2 aromatic carbocycles. The van der Waals surface area contributed by atoms with Crippen LogP contribution in [0.2, 0.25) is 0 Å². The summed E-state index contributed by atoms with van der Waals surface area (Å²) in [5.41, 5.74) is 3.08. The Hall–Kier alpha value is -2.83. The highest BCUT2D eigenvalue weighted by Crippen LogP contribution is 2.26. The van der Waals surface area contributed by atoms with Gasteiger partial charge in [0, 0.05) is 30.6 Å². The largest absolute Gasteiger partial charge is 0.478 e. The van der Waals surface area contributed by atoms with E-state index in [0.717, 1.165) is 38.4 Å². The number of hydrogen-bond acceptors (Lipinski definition) is 4. The highest BCUT2D eigenvalue weighted by molar-refractivity contribution is 6.03. The molecule has 138 valence electrons. The molecule has 0 aliphatic carbocycles. The predicted molar refractivity (Wildman–Crippen MR) is 100 cm³/mol. The van der Waals surface area contributed by atoms with Crippen LogP contribution in [0.25, 0.3) is 22.2 Å². The predicted octanol–water partition coefficient (Wildman–Crippen LogP) is 3.57. The van der Waals surface area contributed by atoms with Gasteiger partial charge in [0.15, 0.2) is 0 Å². The third kappa shape index (κ3) is 3.82. The summed E-state index contributed by atoms with van der Waals surface area (Å²) >= 11 is 0. The molecule has 0 amide bonds. The van der Waals surface area contributed by atoms with Gasteiger partial charge in [-0.15, -0.1) is 0 Å². The van der Waals surface area contributed by atoms with Crippen molar-refractivity contribution >= 4 is 16.9 Å². The summed E-state index contributed by atoms with van der Waals surface area (Å²) in [6.07, 6.45) is 0. The Bertz CT molecular complexity index is 983. The lowest BCUT2D eigenvalue weighted by molar-refractivity contribution is 0.0342. The molecule has 5 nitrogen and oxygen atoms in total. The van der Waals surface area contributed by atoms with E-state index < -0.39 is 11.8 Å². The van der Waals surface area contributed by atoms with Crippen molar-refractivity contribution in [3.63, 3.8) is 0 Å². The van der Waals surface area contributed by atoms with E-state index in [1.807, 2.05) is 24.3 Å². The van der Waals surface area contributed by atoms with Crippen molar-refractivity contribution < 1.29 is 19.0 Å². The van der Waals surface area contributed by atoms with Crippen molar-refractivity contribution in [2.75, 3.05) is 26.3 Å². The number of carboxylic acids is 1. The fourth-order valence-electron chi connectivity index (χ4n) is 3.32. The van der Waals surface area contributed by atoms with Crippen LogP contribution in [-0.2, 0) is 11.3 Å². The second-order valence-corrected chi connectivity index (χ2v) is 6.61. The summed E-state index contributed by atoms with van der Waals surface area (Å²) in [6.45, 7) is 4.22. The van der Waals surface area contributed by atoms with Gasteiger partial charge in [-0.3, -0.25) is 4.90 Å². The van der Waals surface area contributed by atoms with E-state index in [4.69, 9.17) is 4.74 Å². The Morgan fingerprint density at radius 2 is 1.85 bits per heavy atom. The molecule has 2 heterocycles. The number of carbonyl (C=O) groups is 1. The quantitative estimate of drug-likeness (QED) is 0.765. The number of carboxylic acid groups (broad SMARTS) is 1. The summed E-state index contributed by atoms with van der Waals surface area (Å²) in [7, 11) is 0. The van der Waals surface area contributed by atoms with Gasteiger partial charge in [0.1, 0.15) is 5.82 Å². The van der Waals surface area contributed by atoms with Crippen LogP contribution in [0.3, 0.4) is 0 Å². The van der Waals surface area contributed by atoms with Gasteiger partial charge in [0.25, 0.3) is 0 Å². The number of aromatic carboxylic acids is 1. The lowest BCUT2D eigenvalue weighted by Crippen LogP contribution is -2.35. The maximum atomic E-state index is 13.5. The molecular weight excluding hydrogens is 347 g/mol. The molecule has 0 radical (unpaired) electrons. The minimum atomic E-state index is -1.10. The van der Waals surface area contributed by atoms with Crippen LogP contribution in [0.1, 0.15) is 15.9 Å². The first-order chi connectivity index (χ1) is 13.1. The number of fused-ring (bicyclic) bond motifs is 1. The zero-order valence-electron chi connectivity index (χ0n) is 14.7. The third-order valence-electron chi connectivity index (χ3n) is 4.76. The average Bonchev–Trinajstić information content (AvgIpc) is 2.68. The maximum absolute atomic E-state index is 13.5. The molecule has 0 bridgehead atoms. The molecule has 3 aromatic rings. The van der Waals surface area contributed by atoms with E-state index in [1.54, 1.807) is 0 Å². The van der Waals surface area contributed by atoms with Gasteiger partial charge < -0.3 is 9.84 Å². The Balaban J connectivity index is 1.65. The molecule has 1 saturated heterocycles. The van der Waals surface area contributed by atoms with Gasteiger partial charge in [-0.05, 0) is 29.8 Å². The zero-order chi connectivity index (χ0) is 18.8. The van der Waals surface area contributed by atoms with Crippen LogP contribution in [0, 0.1) is 5.82 Å². The van der Waals surface area contributed by atoms with Crippen molar-refractivity contribution in [2.45, 2.75) is 6.54 Å². The van der Waals surface area contributed by atoms with Gasteiger partial charge >= 0.3 is 5.97 Å². The van der Waals surface area contributed by atoms with E-state index in [0.29, 0.717) is 16.6 Å². The Morgan fingerprint density at radius 1 is 1.11 bits per heavy atom. The van der Waals surface area contributed by atoms with Crippen LogP contribution in [0.4, 0.5) is 4.39 Å². The van der Waals surface area contributed by atoms with Gasteiger partial charge in [-0.25, -0.2) is 14.2 Å². The highest BCUT2D eigenvalue weighted by atomic mass is 19.1. The number of aromatic nitrogens is 1. The Kier molecular flexibility index (Phi) is 4.83. The number of benzene rings is 2. The van der Waals surface area contributed by atoms with E-state index >= 15 is 0 Å². The topological polar surface area (TPSA) is 62.7 Å². The first kappa shape index (κ1) is 17.6. The molecule has 0 saturated carbocycles. The fraction of sp³-hybridized carbons (Fsp3) is 0.238. The van der Waals surface area contributed by atoms with Gasteiger partial charge in [0.2, 0.25) is 0 Å². The summed E-state index contributed by atoms with van der Waals surface area (Å²) in [5, 5.41) is 9.81. The summed E-state index contributed by atoms with van der Waals surface area (Å²) in [4.78, 5) is 18.5. The monoisotopic (exact) mass is 366 g/mol. The molecule has 1 fully saturated rings. The molecule has 0 atom stereocenters. The van der Waals surface area contributed by atoms with Crippen LogP contribution < -0.4 is 0 Å². The smallest absolute Gasteiger partial charge is 0.336 e. The minimum absolute atomic E-state index is 0.0480. The molecule has 1 N–H and O–H groups in total. The van der Waals surface area contributed by atoms with Crippen LogP contribution in [0.15, 0.2) is 48.5 Å². The molecule has 0 spiro atoms. The lowest BCUT2D eigenvalue weighted by Gasteiger charge is -2.26. The zero-order valence-corrected chi connectivity index (χ0v) is 14.7. The molecule has 1 aromatic heterocycles.